The van der Waals surface area contributed by atoms with Gasteiger partial charge in [-0.1, -0.05) is 11.6 Å². The van der Waals surface area contributed by atoms with Crippen molar-refractivity contribution in [3.8, 4) is 5.75 Å². The lowest BCUT2D eigenvalue weighted by molar-refractivity contribution is 0.416. The minimum absolute atomic E-state index is 0.682. The van der Waals surface area contributed by atoms with Crippen LogP contribution in [-0.2, 0) is 6.54 Å². The first-order valence-corrected chi connectivity index (χ1v) is 7.85. The van der Waals surface area contributed by atoms with Gasteiger partial charge in [0.2, 0.25) is 0 Å². The number of halogens is 1. The molecule has 0 amide bonds. The summed E-state index contributed by atoms with van der Waals surface area (Å²) in [6.07, 6.45) is 2.04. The number of rotatable bonds is 4. The van der Waals surface area contributed by atoms with Gasteiger partial charge in [0.05, 0.1) is 30.7 Å². The number of hydrogen-bond acceptors (Lipinski definition) is 4. The first-order chi connectivity index (χ1) is 10.1. The molecule has 0 bridgehead atoms. The van der Waals surface area contributed by atoms with Gasteiger partial charge in [0.25, 0.3) is 0 Å². The van der Waals surface area contributed by atoms with E-state index < -0.39 is 0 Å². The maximum Gasteiger partial charge on any atom is 0.194 e. The van der Waals surface area contributed by atoms with E-state index in [1.165, 1.54) is 0 Å². The smallest absolute Gasteiger partial charge is 0.194 e. The maximum atomic E-state index is 6.13. The van der Waals surface area contributed by atoms with Crippen molar-refractivity contribution < 1.29 is 4.74 Å². The Hall–Kier alpha value is -1.72. The van der Waals surface area contributed by atoms with Gasteiger partial charge < -0.3 is 10.1 Å². The van der Waals surface area contributed by atoms with Gasteiger partial charge in [-0.15, -0.1) is 11.3 Å². The highest BCUT2D eigenvalue weighted by Gasteiger charge is 2.11. The van der Waals surface area contributed by atoms with Crippen LogP contribution >= 0.6 is 22.9 Å². The lowest BCUT2D eigenvalue weighted by Crippen LogP contribution is -2.05. The van der Waals surface area contributed by atoms with Crippen molar-refractivity contribution in [2.24, 2.45) is 0 Å². The molecule has 4 nitrogen and oxygen atoms in total. The molecular formula is C15H16ClN3OS. The molecule has 0 fully saturated rings. The van der Waals surface area contributed by atoms with E-state index in [2.05, 4.69) is 14.7 Å². The summed E-state index contributed by atoms with van der Waals surface area (Å²) in [7, 11) is 1.65. The summed E-state index contributed by atoms with van der Waals surface area (Å²) in [5.74, 6) is 0.745. The zero-order valence-electron chi connectivity index (χ0n) is 12.1. The standard InChI is InChI=1S/C15H16ClN3OS/c1-9-6-12(14(20-3)7-11(9)16)17-8-13-10(2)18-15-19(13)4-5-21-15/h4-7,17H,8H2,1-3H3. The van der Waals surface area contributed by atoms with Gasteiger partial charge in [-0.2, -0.15) is 0 Å². The molecule has 0 aliphatic rings. The molecule has 0 aliphatic carbocycles. The van der Waals surface area contributed by atoms with Gasteiger partial charge in [0, 0.05) is 22.7 Å². The molecule has 3 aromatic rings. The third-order valence-electron chi connectivity index (χ3n) is 3.49. The molecule has 0 saturated carbocycles. The number of methoxy groups -OCH3 is 1. The monoisotopic (exact) mass is 321 g/mol. The Balaban J connectivity index is 1.89. The van der Waals surface area contributed by atoms with Crippen LogP contribution in [-0.4, -0.2) is 16.5 Å². The number of imidazole rings is 1. The number of aromatic nitrogens is 2. The van der Waals surface area contributed by atoms with Crippen molar-refractivity contribution >= 4 is 33.6 Å². The summed E-state index contributed by atoms with van der Waals surface area (Å²) in [6, 6.07) is 3.84. The summed E-state index contributed by atoms with van der Waals surface area (Å²) < 4.78 is 7.50. The van der Waals surface area contributed by atoms with Crippen molar-refractivity contribution in [3.05, 3.63) is 45.7 Å². The minimum Gasteiger partial charge on any atom is -0.495 e. The van der Waals surface area contributed by atoms with E-state index in [1.807, 2.05) is 37.6 Å². The summed E-state index contributed by atoms with van der Waals surface area (Å²) in [6.45, 7) is 4.69. The van der Waals surface area contributed by atoms with Crippen molar-refractivity contribution in [3.63, 3.8) is 0 Å². The van der Waals surface area contributed by atoms with Gasteiger partial charge in [0.1, 0.15) is 5.75 Å². The normalized spacial score (nSPS) is 11.0. The summed E-state index contributed by atoms with van der Waals surface area (Å²) >= 11 is 7.77. The Kier molecular flexibility index (Phi) is 3.78. The second-order valence-corrected chi connectivity index (χ2v) is 6.13. The first kappa shape index (κ1) is 14.2. The lowest BCUT2D eigenvalue weighted by Gasteiger charge is -2.13. The molecule has 3 rings (SSSR count). The zero-order valence-corrected chi connectivity index (χ0v) is 13.7. The number of fused-ring (bicyclic) bond motifs is 1. The van der Waals surface area contributed by atoms with E-state index >= 15 is 0 Å². The third-order valence-corrected chi connectivity index (χ3v) is 4.65. The van der Waals surface area contributed by atoms with Crippen molar-refractivity contribution in [1.82, 2.24) is 9.38 Å². The lowest BCUT2D eigenvalue weighted by atomic mass is 10.2. The second kappa shape index (κ2) is 5.58. The molecule has 1 N–H and O–H groups in total. The number of nitrogens with zero attached hydrogens (tertiary/aromatic N) is 2. The molecule has 0 atom stereocenters. The fraction of sp³-hybridized carbons (Fsp3) is 0.267. The Labute approximate surface area is 132 Å². The molecule has 2 aromatic heterocycles. The van der Waals surface area contributed by atoms with Crippen LogP contribution in [0.2, 0.25) is 5.02 Å². The predicted molar refractivity (Wildman–Crippen MR) is 87.9 cm³/mol. The van der Waals surface area contributed by atoms with E-state index in [4.69, 9.17) is 16.3 Å². The molecular weight excluding hydrogens is 306 g/mol. The van der Waals surface area contributed by atoms with Crippen molar-refractivity contribution in [2.45, 2.75) is 20.4 Å². The van der Waals surface area contributed by atoms with Crippen molar-refractivity contribution in [2.75, 3.05) is 12.4 Å². The summed E-state index contributed by atoms with van der Waals surface area (Å²) in [5, 5.41) is 6.16. The Morgan fingerprint density at radius 3 is 2.95 bits per heavy atom. The SMILES string of the molecule is COc1cc(Cl)c(C)cc1NCc1c(C)nc2sccn12. The number of nitrogens with one attached hydrogen (secondary N) is 1. The molecule has 1 aromatic carbocycles. The second-order valence-electron chi connectivity index (χ2n) is 4.85. The van der Waals surface area contributed by atoms with Gasteiger partial charge in [-0.3, -0.25) is 4.40 Å². The van der Waals surface area contributed by atoms with E-state index in [1.54, 1.807) is 18.4 Å². The number of benzene rings is 1. The third kappa shape index (κ3) is 2.59. The minimum atomic E-state index is 0.682. The first-order valence-electron chi connectivity index (χ1n) is 6.59. The number of aryl methyl sites for hydroxylation is 2. The van der Waals surface area contributed by atoms with Gasteiger partial charge >= 0.3 is 0 Å². The number of ether oxygens (including phenoxy) is 1. The molecule has 0 unspecified atom stereocenters. The van der Waals surface area contributed by atoms with E-state index in [9.17, 15) is 0 Å². The van der Waals surface area contributed by atoms with Gasteiger partial charge in [-0.05, 0) is 25.5 Å². The average Bonchev–Trinajstić information content (AvgIpc) is 3.00. The molecule has 0 saturated heterocycles. The largest absolute Gasteiger partial charge is 0.495 e. The summed E-state index contributed by atoms with van der Waals surface area (Å²) in [4.78, 5) is 5.57. The van der Waals surface area contributed by atoms with Crippen LogP contribution in [0, 0.1) is 13.8 Å². The number of hydrogen-bond donors (Lipinski definition) is 1. The highest BCUT2D eigenvalue weighted by atomic mass is 35.5. The number of anilines is 1. The van der Waals surface area contributed by atoms with E-state index in [0.717, 1.165) is 33.3 Å². The maximum absolute atomic E-state index is 6.13. The quantitative estimate of drug-likeness (QED) is 0.779. The predicted octanol–water partition coefficient (Wildman–Crippen LogP) is 4.29. The Morgan fingerprint density at radius 1 is 1.38 bits per heavy atom. The molecule has 6 heteroatoms. The summed E-state index contributed by atoms with van der Waals surface area (Å²) in [5.41, 5.74) is 4.15. The molecule has 0 spiro atoms. The van der Waals surface area contributed by atoms with Crippen LogP contribution in [0.15, 0.2) is 23.7 Å². The van der Waals surface area contributed by atoms with Crippen LogP contribution < -0.4 is 10.1 Å². The molecule has 0 aliphatic heterocycles. The zero-order chi connectivity index (χ0) is 15.0. The molecule has 21 heavy (non-hydrogen) atoms. The van der Waals surface area contributed by atoms with Crippen LogP contribution in [0.5, 0.6) is 5.75 Å². The fourth-order valence-electron chi connectivity index (χ4n) is 2.30. The van der Waals surface area contributed by atoms with Crippen molar-refractivity contribution in [1.29, 1.82) is 0 Å². The average molecular weight is 322 g/mol. The topological polar surface area (TPSA) is 38.6 Å². The number of thiazole rings is 1. The van der Waals surface area contributed by atoms with Crippen LogP contribution in [0.25, 0.3) is 4.96 Å². The molecule has 0 radical (unpaired) electrons. The fourth-order valence-corrected chi connectivity index (χ4v) is 3.24. The van der Waals surface area contributed by atoms with E-state index in [0.29, 0.717) is 11.6 Å². The molecule has 110 valence electrons. The highest BCUT2D eigenvalue weighted by molar-refractivity contribution is 7.15. The van der Waals surface area contributed by atoms with Crippen LogP contribution in [0.1, 0.15) is 17.0 Å². The van der Waals surface area contributed by atoms with E-state index in [-0.39, 0.29) is 0 Å². The Morgan fingerprint density at radius 2 is 2.19 bits per heavy atom. The van der Waals surface area contributed by atoms with Crippen LogP contribution in [0.4, 0.5) is 5.69 Å². The Bertz CT molecular complexity index is 794. The molecule has 2 heterocycles. The van der Waals surface area contributed by atoms with Gasteiger partial charge in [-0.25, -0.2) is 4.98 Å². The van der Waals surface area contributed by atoms with Gasteiger partial charge in [0.15, 0.2) is 4.96 Å². The highest BCUT2D eigenvalue weighted by Crippen LogP contribution is 2.31. The van der Waals surface area contributed by atoms with Crippen LogP contribution in [0.3, 0.4) is 0 Å².